The fourth-order valence-electron chi connectivity index (χ4n) is 2.33. The molecule has 5 heteroatoms. The first kappa shape index (κ1) is 16.1. The summed E-state index contributed by atoms with van der Waals surface area (Å²) in [5.74, 6) is 0.511. The normalized spacial score (nSPS) is 16.5. The minimum absolute atomic E-state index is 0. The van der Waals surface area contributed by atoms with Gasteiger partial charge in [-0.2, -0.15) is 0 Å². The number of benzene rings is 1. The van der Waals surface area contributed by atoms with Crippen molar-refractivity contribution in [2.45, 2.75) is 38.6 Å². The zero-order valence-electron chi connectivity index (χ0n) is 11.2. The molecule has 1 heterocycles. The van der Waals surface area contributed by atoms with Crippen molar-refractivity contribution in [2.75, 3.05) is 11.9 Å². The molecule has 1 aliphatic rings. The smallest absolute Gasteiger partial charge is 0.220 e. The lowest BCUT2D eigenvalue weighted by Crippen LogP contribution is -2.30. The van der Waals surface area contributed by atoms with Crippen LogP contribution in [-0.4, -0.2) is 18.5 Å². The van der Waals surface area contributed by atoms with Gasteiger partial charge < -0.3 is 10.6 Å². The number of halogens is 2. The van der Waals surface area contributed by atoms with Crippen LogP contribution in [0.15, 0.2) is 18.2 Å². The minimum Gasteiger partial charge on any atom is -0.384 e. The van der Waals surface area contributed by atoms with E-state index < -0.39 is 0 Å². The molecule has 2 N–H and O–H groups in total. The van der Waals surface area contributed by atoms with Crippen molar-refractivity contribution in [3.8, 4) is 0 Å². The Morgan fingerprint density at radius 3 is 2.95 bits per heavy atom. The van der Waals surface area contributed by atoms with E-state index >= 15 is 0 Å². The maximum atomic E-state index is 11.6. The Labute approximate surface area is 125 Å². The molecule has 0 saturated heterocycles. The Hall–Kier alpha value is -0.930. The number of fused-ring (bicyclic) bond motifs is 1. The van der Waals surface area contributed by atoms with E-state index in [2.05, 4.69) is 10.6 Å². The lowest BCUT2D eigenvalue weighted by Gasteiger charge is -2.12. The van der Waals surface area contributed by atoms with Gasteiger partial charge >= 0.3 is 0 Å². The highest BCUT2D eigenvalue weighted by atomic mass is 35.5. The fraction of sp³-hybridized carbons (Fsp3) is 0.500. The standard InChI is InChI=1S/C14H19ClN2O.ClH/c1-9(2)17-14(18)6-3-10-8-16-13-5-4-11(15)7-12(10)13;/h4-5,7,9-10,16H,3,6,8H2,1-2H3,(H,17,18);1H. The monoisotopic (exact) mass is 302 g/mol. The maximum Gasteiger partial charge on any atom is 0.220 e. The SMILES string of the molecule is CC(C)NC(=O)CCC1CNc2ccc(Cl)cc21.Cl. The van der Waals surface area contributed by atoms with Crippen LogP contribution in [0, 0.1) is 0 Å². The summed E-state index contributed by atoms with van der Waals surface area (Å²) in [5, 5.41) is 7.03. The summed E-state index contributed by atoms with van der Waals surface area (Å²) in [6.07, 6.45) is 1.43. The number of hydrogen-bond acceptors (Lipinski definition) is 2. The van der Waals surface area contributed by atoms with Gasteiger partial charge in [-0.05, 0) is 44.0 Å². The number of carbonyl (C=O) groups excluding carboxylic acids is 1. The average Bonchev–Trinajstić information content (AvgIpc) is 2.68. The first-order valence-corrected chi connectivity index (χ1v) is 6.76. The molecular weight excluding hydrogens is 283 g/mol. The Morgan fingerprint density at radius 2 is 2.26 bits per heavy atom. The molecule has 0 aromatic heterocycles. The molecule has 2 rings (SSSR count). The molecule has 0 saturated carbocycles. The van der Waals surface area contributed by atoms with Gasteiger partial charge in [0.05, 0.1) is 0 Å². The molecular formula is C14H20Cl2N2O. The van der Waals surface area contributed by atoms with Crippen LogP contribution in [0.4, 0.5) is 5.69 Å². The van der Waals surface area contributed by atoms with Crippen LogP contribution in [0.5, 0.6) is 0 Å². The highest BCUT2D eigenvalue weighted by molar-refractivity contribution is 6.30. The quantitative estimate of drug-likeness (QED) is 0.892. The zero-order chi connectivity index (χ0) is 13.1. The lowest BCUT2D eigenvalue weighted by molar-refractivity contribution is -0.121. The van der Waals surface area contributed by atoms with Gasteiger partial charge in [0.25, 0.3) is 0 Å². The fourth-order valence-corrected chi connectivity index (χ4v) is 2.51. The van der Waals surface area contributed by atoms with E-state index in [0.717, 1.165) is 23.7 Å². The predicted molar refractivity (Wildman–Crippen MR) is 82.4 cm³/mol. The van der Waals surface area contributed by atoms with Crippen molar-refractivity contribution in [1.29, 1.82) is 0 Å². The predicted octanol–water partition coefficient (Wildman–Crippen LogP) is 3.58. The summed E-state index contributed by atoms with van der Waals surface area (Å²) < 4.78 is 0. The third-order valence-electron chi connectivity index (χ3n) is 3.16. The van der Waals surface area contributed by atoms with Gasteiger partial charge in [-0.3, -0.25) is 4.79 Å². The molecule has 3 nitrogen and oxygen atoms in total. The van der Waals surface area contributed by atoms with Crippen LogP contribution in [0.1, 0.15) is 38.2 Å². The van der Waals surface area contributed by atoms with E-state index in [1.807, 2.05) is 32.0 Å². The number of hydrogen-bond donors (Lipinski definition) is 2. The van der Waals surface area contributed by atoms with Gasteiger partial charge in [0.2, 0.25) is 5.91 Å². The first-order valence-electron chi connectivity index (χ1n) is 6.39. The molecule has 1 aromatic rings. The second-order valence-electron chi connectivity index (χ2n) is 5.07. The Kier molecular flexibility index (Phi) is 5.95. The number of amides is 1. The van der Waals surface area contributed by atoms with Crippen LogP contribution >= 0.6 is 24.0 Å². The summed E-state index contributed by atoms with van der Waals surface area (Å²) in [4.78, 5) is 11.6. The molecule has 0 fully saturated rings. The van der Waals surface area contributed by atoms with E-state index in [1.165, 1.54) is 5.56 Å². The van der Waals surface area contributed by atoms with Crippen molar-refractivity contribution in [3.63, 3.8) is 0 Å². The molecule has 0 radical (unpaired) electrons. The third kappa shape index (κ3) is 4.29. The summed E-state index contributed by atoms with van der Waals surface area (Å²) in [5.41, 5.74) is 2.38. The summed E-state index contributed by atoms with van der Waals surface area (Å²) >= 11 is 6.01. The number of nitrogens with one attached hydrogen (secondary N) is 2. The summed E-state index contributed by atoms with van der Waals surface area (Å²) in [6, 6.07) is 6.11. The minimum atomic E-state index is 0. The molecule has 0 spiro atoms. The van der Waals surface area contributed by atoms with E-state index in [0.29, 0.717) is 12.3 Å². The van der Waals surface area contributed by atoms with Crippen LogP contribution < -0.4 is 10.6 Å². The van der Waals surface area contributed by atoms with Crippen molar-refractivity contribution in [2.24, 2.45) is 0 Å². The highest BCUT2D eigenvalue weighted by Gasteiger charge is 2.22. The number of carbonyl (C=O) groups is 1. The van der Waals surface area contributed by atoms with Gasteiger partial charge in [0, 0.05) is 35.6 Å². The Morgan fingerprint density at radius 1 is 1.53 bits per heavy atom. The second kappa shape index (κ2) is 7.01. The molecule has 19 heavy (non-hydrogen) atoms. The Balaban J connectivity index is 0.00000180. The van der Waals surface area contributed by atoms with Crippen molar-refractivity contribution in [1.82, 2.24) is 5.32 Å². The molecule has 1 unspecified atom stereocenters. The maximum absolute atomic E-state index is 11.6. The highest BCUT2D eigenvalue weighted by Crippen LogP contribution is 2.35. The topological polar surface area (TPSA) is 41.1 Å². The molecule has 1 amide bonds. The number of rotatable bonds is 4. The third-order valence-corrected chi connectivity index (χ3v) is 3.40. The number of anilines is 1. The average molecular weight is 303 g/mol. The van der Waals surface area contributed by atoms with Crippen LogP contribution in [0.3, 0.4) is 0 Å². The van der Waals surface area contributed by atoms with Gasteiger partial charge in [-0.1, -0.05) is 11.6 Å². The summed E-state index contributed by atoms with van der Waals surface area (Å²) in [6.45, 7) is 4.85. The molecule has 0 bridgehead atoms. The van der Waals surface area contributed by atoms with Gasteiger partial charge in [-0.15, -0.1) is 12.4 Å². The molecule has 106 valence electrons. The van der Waals surface area contributed by atoms with Crippen LogP contribution in [0.25, 0.3) is 0 Å². The molecule has 1 aliphatic heterocycles. The largest absolute Gasteiger partial charge is 0.384 e. The van der Waals surface area contributed by atoms with Crippen LogP contribution in [-0.2, 0) is 4.79 Å². The van der Waals surface area contributed by atoms with Crippen molar-refractivity contribution >= 4 is 35.6 Å². The first-order chi connectivity index (χ1) is 8.56. The van der Waals surface area contributed by atoms with Gasteiger partial charge in [-0.25, -0.2) is 0 Å². The van der Waals surface area contributed by atoms with Gasteiger partial charge in [0.1, 0.15) is 0 Å². The molecule has 1 atom stereocenters. The van der Waals surface area contributed by atoms with Crippen LogP contribution in [0.2, 0.25) is 5.02 Å². The molecule has 0 aliphatic carbocycles. The zero-order valence-corrected chi connectivity index (χ0v) is 12.8. The Bertz CT molecular complexity index is 449. The van der Waals surface area contributed by atoms with Gasteiger partial charge in [0.15, 0.2) is 0 Å². The summed E-state index contributed by atoms with van der Waals surface area (Å²) in [7, 11) is 0. The van der Waals surface area contributed by atoms with E-state index in [-0.39, 0.29) is 24.4 Å². The van der Waals surface area contributed by atoms with Crippen molar-refractivity contribution in [3.05, 3.63) is 28.8 Å². The van der Waals surface area contributed by atoms with E-state index in [9.17, 15) is 4.79 Å². The van der Waals surface area contributed by atoms with E-state index in [1.54, 1.807) is 0 Å². The second-order valence-corrected chi connectivity index (χ2v) is 5.51. The van der Waals surface area contributed by atoms with Crippen molar-refractivity contribution < 1.29 is 4.79 Å². The van der Waals surface area contributed by atoms with E-state index in [4.69, 9.17) is 11.6 Å². The molecule has 1 aromatic carbocycles. The lowest BCUT2D eigenvalue weighted by atomic mass is 9.96.